The Morgan fingerprint density at radius 3 is 2.55 bits per heavy atom. The van der Waals surface area contributed by atoms with Crippen LogP contribution in [0, 0.1) is 0 Å². The van der Waals surface area contributed by atoms with Gasteiger partial charge in [0.05, 0.1) is 0 Å². The van der Waals surface area contributed by atoms with Crippen LogP contribution in [0.25, 0.3) is 0 Å². The van der Waals surface area contributed by atoms with Crippen molar-refractivity contribution in [2.45, 2.75) is 6.54 Å². The molecule has 0 bridgehead atoms. The molecule has 1 heterocycles. The second-order valence-electron chi connectivity index (χ2n) is 4.30. The predicted molar refractivity (Wildman–Crippen MR) is 79.0 cm³/mol. The number of benzene rings is 1. The molecule has 0 radical (unpaired) electrons. The van der Waals surface area contributed by atoms with E-state index >= 15 is 0 Å². The van der Waals surface area contributed by atoms with Crippen LogP contribution in [0.1, 0.15) is 5.56 Å². The summed E-state index contributed by atoms with van der Waals surface area (Å²) in [6.07, 6.45) is 1.69. The summed E-state index contributed by atoms with van der Waals surface area (Å²) >= 11 is 5.76. The smallest absolute Gasteiger partial charge is 0.319 e. The van der Waals surface area contributed by atoms with Crippen molar-refractivity contribution < 1.29 is 4.79 Å². The highest BCUT2D eigenvalue weighted by atomic mass is 35.5. The Morgan fingerprint density at radius 2 is 1.90 bits per heavy atom. The number of urea groups is 1. The largest absolute Gasteiger partial charge is 0.334 e. The van der Waals surface area contributed by atoms with Gasteiger partial charge in [-0.05, 0) is 29.8 Å². The molecule has 0 aliphatic rings. The fourth-order valence-electron chi connectivity index (χ4n) is 1.65. The number of nitrogens with one attached hydrogen (secondary N) is 2. The zero-order valence-corrected chi connectivity index (χ0v) is 11.6. The molecule has 0 atom stereocenters. The van der Waals surface area contributed by atoms with Crippen LogP contribution in [0.15, 0.2) is 47.4 Å². The van der Waals surface area contributed by atoms with Gasteiger partial charge >= 0.3 is 6.03 Å². The molecule has 1 aromatic heterocycles. The molecular formula is C14H14ClN3O2. The summed E-state index contributed by atoms with van der Waals surface area (Å²) in [5.74, 6) is 0. The number of hydrogen-bond acceptors (Lipinski definition) is 2. The summed E-state index contributed by atoms with van der Waals surface area (Å²) in [5.41, 5.74) is 1.42. The number of carbonyl (C=O) groups is 1. The van der Waals surface area contributed by atoms with Crippen LogP contribution >= 0.6 is 11.6 Å². The number of aromatic nitrogens is 1. The Hall–Kier alpha value is -2.27. The molecule has 6 heteroatoms. The van der Waals surface area contributed by atoms with E-state index in [-0.39, 0.29) is 11.6 Å². The maximum atomic E-state index is 11.7. The average molecular weight is 292 g/mol. The molecule has 2 rings (SSSR count). The summed E-state index contributed by atoms with van der Waals surface area (Å²) in [4.78, 5) is 22.9. The lowest BCUT2D eigenvalue weighted by Crippen LogP contribution is -2.28. The maximum Gasteiger partial charge on any atom is 0.319 e. The Labute approximate surface area is 121 Å². The molecule has 0 saturated carbocycles. The van der Waals surface area contributed by atoms with E-state index in [9.17, 15) is 9.59 Å². The van der Waals surface area contributed by atoms with Crippen molar-refractivity contribution >= 4 is 23.3 Å². The van der Waals surface area contributed by atoms with Crippen molar-refractivity contribution in [2.75, 3.05) is 5.32 Å². The number of amides is 2. The second kappa shape index (κ2) is 6.25. The van der Waals surface area contributed by atoms with E-state index in [0.29, 0.717) is 17.3 Å². The highest BCUT2D eigenvalue weighted by molar-refractivity contribution is 6.30. The fraction of sp³-hybridized carbons (Fsp3) is 0.143. The minimum atomic E-state index is -0.318. The summed E-state index contributed by atoms with van der Waals surface area (Å²) in [5, 5.41) is 6.01. The number of aryl methyl sites for hydroxylation is 1. The topological polar surface area (TPSA) is 63.1 Å². The van der Waals surface area contributed by atoms with E-state index in [4.69, 9.17) is 11.6 Å². The third-order valence-corrected chi connectivity index (χ3v) is 2.95. The van der Waals surface area contributed by atoms with Crippen LogP contribution in [0.2, 0.25) is 5.02 Å². The van der Waals surface area contributed by atoms with Gasteiger partial charge in [-0.2, -0.15) is 0 Å². The van der Waals surface area contributed by atoms with Gasteiger partial charge < -0.3 is 15.2 Å². The first-order valence-electron chi connectivity index (χ1n) is 6.00. The van der Waals surface area contributed by atoms with Gasteiger partial charge in [0.15, 0.2) is 0 Å². The summed E-state index contributed by atoms with van der Waals surface area (Å²) < 4.78 is 1.47. The number of halogens is 1. The fourth-order valence-corrected chi connectivity index (χ4v) is 1.77. The molecule has 2 aromatic rings. The van der Waals surface area contributed by atoms with Crippen LogP contribution < -0.4 is 16.2 Å². The second-order valence-corrected chi connectivity index (χ2v) is 4.74. The SMILES string of the molecule is Cn1cc(CNC(=O)Nc2ccc(Cl)cc2)ccc1=O. The number of pyridine rings is 1. The molecule has 5 nitrogen and oxygen atoms in total. The van der Waals surface area contributed by atoms with E-state index in [1.54, 1.807) is 43.6 Å². The average Bonchev–Trinajstić information content (AvgIpc) is 2.43. The zero-order valence-electron chi connectivity index (χ0n) is 10.9. The summed E-state index contributed by atoms with van der Waals surface area (Å²) in [6, 6.07) is 9.66. The zero-order chi connectivity index (χ0) is 14.5. The van der Waals surface area contributed by atoms with Crippen LogP contribution in [0.3, 0.4) is 0 Å². The Bertz CT molecular complexity index is 665. The highest BCUT2D eigenvalue weighted by Gasteiger charge is 2.02. The van der Waals surface area contributed by atoms with Gasteiger partial charge in [-0.15, -0.1) is 0 Å². The molecule has 0 aliphatic carbocycles. The molecule has 20 heavy (non-hydrogen) atoms. The molecule has 104 valence electrons. The van der Waals surface area contributed by atoms with E-state index in [0.717, 1.165) is 5.56 Å². The van der Waals surface area contributed by atoms with Gasteiger partial charge in [-0.3, -0.25) is 4.79 Å². The van der Waals surface area contributed by atoms with Crippen molar-refractivity contribution in [3.63, 3.8) is 0 Å². The van der Waals surface area contributed by atoms with Crippen molar-refractivity contribution in [2.24, 2.45) is 7.05 Å². The maximum absolute atomic E-state index is 11.7. The minimum Gasteiger partial charge on any atom is -0.334 e. The van der Waals surface area contributed by atoms with Crippen LogP contribution in [0.5, 0.6) is 0 Å². The Balaban J connectivity index is 1.90. The molecule has 2 amide bonds. The Kier molecular flexibility index (Phi) is 4.42. The van der Waals surface area contributed by atoms with Crippen molar-refractivity contribution in [1.82, 2.24) is 9.88 Å². The molecule has 0 saturated heterocycles. The van der Waals surface area contributed by atoms with Gasteiger partial charge in [0.25, 0.3) is 0 Å². The van der Waals surface area contributed by atoms with Gasteiger partial charge in [-0.25, -0.2) is 4.79 Å². The van der Waals surface area contributed by atoms with Crippen LogP contribution in [0.4, 0.5) is 10.5 Å². The molecule has 1 aromatic carbocycles. The molecule has 2 N–H and O–H groups in total. The number of hydrogen-bond donors (Lipinski definition) is 2. The number of nitrogens with zero attached hydrogens (tertiary/aromatic N) is 1. The molecular weight excluding hydrogens is 278 g/mol. The molecule has 0 unspecified atom stereocenters. The number of rotatable bonds is 3. The molecule has 0 fully saturated rings. The van der Waals surface area contributed by atoms with Crippen LogP contribution in [-0.4, -0.2) is 10.6 Å². The first-order valence-corrected chi connectivity index (χ1v) is 6.38. The van der Waals surface area contributed by atoms with Crippen molar-refractivity contribution in [3.8, 4) is 0 Å². The van der Waals surface area contributed by atoms with E-state index in [2.05, 4.69) is 10.6 Å². The van der Waals surface area contributed by atoms with Gasteiger partial charge in [0.1, 0.15) is 0 Å². The van der Waals surface area contributed by atoms with Gasteiger partial charge in [0.2, 0.25) is 5.56 Å². The number of carbonyl (C=O) groups excluding carboxylic acids is 1. The number of anilines is 1. The van der Waals surface area contributed by atoms with E-state index < -0.39 is 0 Å². The molecule has 0 spiro atoms. The lowest BCUT2D eigenvalue weighted by Gasteiger charge is -2.08. The summed E-state index contributed by atoms with van der Waals surface area (Å²) in [6.45, 7) is 0.341. The monoisotopic (exact) mass is 291 g/mol. The van der Waals surface area contributed by atoms with Crippen molar-refractivity contribution in [3.05, 3.63) is 63.5 Å². The first-order chi connectivity index (χ1) is 9.54. The van der Waals surface area contributed by atoms with E-state index in [1.807, 2.05) is 0 Å². The van der Waals surface area contributed by atoms with Crippen LogP contribution in [-0.2, 0) is 13.6 Å². The standard InChI is InChI=1S/C14H14ClN3O2/c1-18-9-10(2-7-13(18)19)8-16-14(20)17-12-5-3-11(15)4-6-12/h2-7,9H,8H2,1H3,(H2,16,17,20). The van der Waals surface area contributed by atoms with Crippen molar-refractivity contribution in [1.29, 1.82) is 0 Å². The first kappa shape index (κ1) is 14.1. The van der Waals surface area contributed by atoms with E-state index in [1.165, 1.54) is 10.6 Å². The van der Waals surface area contributed by atoms with Gasteiger partial charge in [-0.1, -0.05) is 17.7 Å². The lowest BCUT2D eigenvalue weighted by molar-refractivity contribution is 0.251. The normalized spacial score (nSPS) is 10.1. The predicted octanol–water partition coefficient (Wildman–Crippen LogP) is 2.36. The Morgan fingerprint density at radius 1 is 1.20 bits per heavy atom. The highest BCUT2D eigenvalue weighted by Crippen LogP contribution is 2.13. The third kappa shape index (κ3) is 3.86. The summed E-state index contributed by atoms with van der Waals surface area (Å²) in [7, 11) is 1.67. The third-order valence-electron chi connectivity index (χ3n) is 2.70. The quantitative estimate of drug-likeness (QED) is 0.912. The lowest BCUT2D eigenvalue weighted by atomic mass is 10.3. The van der Waals surface area contributed by atoms with Gasteiger partial charge in [0, 0.05) is 36.6 Å². The minimum absolute atomic E-state index is 0.0839. The molecule has 0 aliphatic heterocycles.